The van der Waals surface area contributed by atoms with Gasteiger partial charge in [-0.2, -0.15) is 5.10 Å². The van der Waals surface area contributed by atoms with E-state index in [9.17, 15) is 4.79 Å². The third-order valence-corrected chi connectivity index (χ3v) is 5.99. The molecule has 1 aliphatic rings. The second-order valence-corrected chi connectivity index (χ2v) is 7.24. The summed E-state index contributed by atoms with van der Waals surface area (Å²) in [5.74, 6) is 0.104. The molecular formula is C18H19N3OS. The zero-order chi connectivity index (χ0) is 16.1. The Labute approximate surface area is 139 Å². The molecule has 2 heterocycles. The van der Waals surface area contributed by atoms with Crippen molar-refractivity contribution in [3.63, 3.8) is 0 Å². The molecule has 1 unspecified atom stereocenters. The molecule has 5 heteroatoms. The van der Waals surface area contributed by atoms with Crippen molar-refractivity contribution in [3.8, 4) is 0 Å². The molecule has 0 saturated heterocycles. The van der Waals surface area contributed by atoms with Gasteiger partial charge >= 0.3 is 0 Å². The van der Waals surface area contributed by atoms with Gasteiger partial charge in [-0.15, -0.1) is 11.3 Å². The second-order valence-electron chi connectivity index (χ2n) is 6.21. The van der Waals surface area contributed by atoms with Crippen LogP contribution in [0, 0.1) is 6.92 Å². The molecular weight excluding hydrogens is 306 g/mol. The molecule has 0 radical (unpaired) electrons. The molecule has 0 aliphatic heterocycles. The van der Waals surface area contributed by atoms with E-state index in [-0.39, 0.29) is 11.9 Å². The molecule has 1 atom stereocenters. The van der Waals surface area contributed by atoms with Gasteiger partial charge in [0, 0.05) is 19.5 Å². The second kappa shape index (κ2) is 5.20. The number of hydrogen-bond donors (Lipinski definition) is 0. The van der Waals surface area contributed by atoms with Crippen LogP contribution in [0.4, 0.5) is 0 Å². The number of thiophene rings is 1. The van der Waals surface area contributed by atoms with Crippen LogP contribution < -0.4 is 0 Å². The first kappa shape index (κ1) is 14.5. The first-order chi connectivity index (χ1) is 11.1. The molecule has 3 aromatic rings. The van der Waals surface area contributed by atoms with E-state index in [1.807, 2.05) is 36.7 Å². The Morgan fingerprint density at radius 1 is 1.39 bits per heavy atom. The van der Waals surface area contributed by atoms with Gasteiger partial charge in [-0.1, -0.05) is 24.3 Å². The highest BCUT2D eigenvalue weighted by atomic mass is 32.1. The van der Waals surface area contributed by atoms with E-state index < -0.39 is 0 Å². The van der Waals surface area contributed by atoms with Gasteiger partial charge in [-0.25, -0.2) is 0 Å². The van der Waals surface area contributed by atoms with Crippen LogP contribution in [0.5, 0.6) is 0 Å². The largest absolute Gasteiger partial charge is 0.334 e. The van der Waals surface area contributed by atoms with Crippen LogP contribution in [0.15, 0.2) is 30.3 Å². The summed E-state index contributed by atoms with van der Waals surface area (Å²) in [4.78, 5) is 16.7. The number of amides is 1. The molecule has 1 amide bonds. The standard InChI is InChI=1S/C18H19N3OS/c1-11-14-10-16(23-18(14)21(3)19-11)17(22)20(2)15-9-8-12-6-4-5-7-13(12)15/h4-7,10,15H,8-9H2,1-3H3. The summed E-state index contributed by atoms with van der Waals surface area (Å²) in [7, 11) is 3.85. The molecule has 2 aromatic heterocycles. The number of rotatable bonds is 2. The average Bonchev–Trinajstić information content (AvgIpc) is 3.22. The zero-order valence-electron chi connectivity index (χ0n) is 13.5. The fourth-order valence-electron chi connectivity index (χ4n) is 3.56. The van der Waals surface area contributed by atoms with E-state index in [1.54, 1.807) is 0 Å². The first-order valence-electron chi connectivity index (χ1n) is 7.84. The third kappa shape index (κ3) is 2.18. The van der Waals surface area contributed by atoms with Crippen molar-refractivity contribution >= 4 is 27.5 Å². The molecule has 0 N–H and O–H groups in total. The quantitative estimate of drug-likeness (QED) is 0.720. The molecule has 0 fully saturated rings. The van der Waals surface area contributed by atoms with Crippen molar-refractivity contribution in [2.24, 2.45) is 7.05 Å². The van der Waals surface area contributed by atoms with E-state index >= 15 is 0 Å². The Hall–Kier alpha value is -2.14. The monoisotopic (exact) mass is 325 g/mol. The number of carbonyl (C=O) groups excluding carboxylic acids is 1. The molecule has 4 nitrogen and oxygen atoms in total. The first-order valence-corrected chi connectivity index (χ1v) is 8.66. The molecule has 23 heavy (non-hydrogen) atoms. The average molecular weight is 325 g/mol. The number of benzene rings is 1. The van der Waals surface area contributed by atoms with Crippen molar-refractivity contribution in [2.45, 2.75) is 25.8 Å². The lowest BCUT2D eigenvalue weighted by Crippen LogP contribution is -2.29. The molecule has 118 valence electrons. The van der Waals surface area contributed by atoms with E-state index in [0.29, 0.717) is 0 Å². The molecule has 4 rings (SSSR count). The van der Waals surface area contributed by atoms with Crippen molar-refractivity contribution < 1.29 is 4.79 Å². The van der Waals surface area contributed by atoms with Crippen LogP contribution in [0.2, 0.25) is 0 Å². The lowest BCUT2D eigenvalue weighted by molar-refractivity contribution is 0.0735. The van der Waals surface area contributed by atoms with Gasteiger partial charge in [0.25, 0.3) is 5.91 Å². The normalized spacial score (nSPS) is 16.7. The summed E-state index contributed by atoms with van der Waals surface area (Å²) in [6.45, 7) is 1.99. The smallest absolute Gasteiger partial charge is 0.264 e. The summed E-state index contributed by atoms with van der Waals surface area (Å²) in [6.07, 6.45) is 2.06. The van der Waals surface area contributed by atoms with Crippen molar-refractivity contribution in [2.75, 3.05) is 7.05 Å². The maximum atomic E-state index is 12.9. The van der Waals surface area contributed by atoms with E-state index in [4.69, 9.17) is 0 Å². The SMILES string of the molecule is Cc1nn(C)c2sc(C(=O)N(C)C3CCc4ccccc43)cc12. The van der Waals surface area contributed by atoms with E-state index in [2.05, 4.69) is 29.4 Å². The fraction of sp³-hybridized carbons (Fsp3) is 0.333. The predicted molar refractivity (Wildman–Crippen MR) is 92.9 cm³/mol. The summed E-state index contributed by atoms with van der Waals surface area (Å²) in [6, 6.07) is 10.6. The molecule has 0 saturated carbocycles. The number of aromatic nitrogens is 2. The number of aryl methyl sites for hydroxylation is 3. The molecule has 0 spiro atoms. The van der Waals surface area contributed by atoms with Crippen LogP contribution in [-0.2, 0) is 13.5 Å². The summed E-state index contributed by atoms with van der Waals surface area (Å²) in [5, 5.41) is 5.49. The minimum Gasteiger partial charge on any atom is -0.334 e. The Kier molecular flexibility index (Phi) is 3.27. The van der Waals surface area contributed by atoms with Gasteiger partial charge in [-0.05, 0) is 37.0 Å². The van der Waals surface area contributed by atoms with Crippen molar-refractivity contribution in [1.29, 1.82) is 0 Å². The minimum atomic E-state index is 0.104. The molecule has 1 aliphatic carbocycles. The van der Waals surface area contributed by atoms with Gasteiger partial charge in [0.15, 0.2) is 0 Å². The number of nitrogens with zero attached hydrogens (tertiary/aromatic N) is 3. The summed E-state index contributed by atoms with van der Waals surface area (Å²) < 4.78 is 1.86. The van der Waals surface area contributed by atoms with Crippen molar-refractivity contribution in [3.05, 3.63) is 52.0 Å². The highest BCUT2D eigenvalue weighted by Crippen LogP contribution is 2.36. The highest BCUT2D eigenvalue weighted by Gasteiger charge is 2.29. The number of fused-ring (bicyclic) bond motifs is 2. The fourth-order valence-corrected chi connectivity index (χ4v) is 4.67. The van der Waals surface area contributed by atoms with Gasteiger partial charge in [-0.3, -0.25) is 9.48 Å². The maximum absolute atomic E-state index is 12.9. The van der Waals surface area contributed by atoms with E-state index in [0.717, 1.165) is 33.6 Å². The van der Waals surface area contributed by atoms with Gasteiger partial charge in [0.2, 0.25) is 0 Å². The number of hydrogen-bond acceptors (Lipinski definition) is 3. The van der Waals surface area contributed by atoms with Crippen LogP contribution in [0.3, 0.4) is 0 Å². The van der Waals surface area contributed by atoms with Gasteiger partial charge in [0.1, 0.15) is 4.83 Å². The number of carbonyl (C=O) groups is 1. The lowest BCUT2D eigenvalue weighted by Gasteiger charge is -2.25. The van der Waals surface area contributed by atoms with Crippen LogP contribution >= 0.6 is 11.3 Å². The Morgan fingerprint density at radius 3 is 2.96 bits per heavy atom. The Morgan fingerprint density at radius 2 is 2.17 bits per heavy atom. The van der Waals surface area contributed by atoms with Crippen LogP contribution in [0.1, 0.15) is 39.0 Å². The maximum Gasteiger partial charge on any atom is 0.264 e. The lowest BCUT2D eigenvalue weighted by atomic mass is 10.1. The summed E-state index contributed by atoms with van der Waals surface area (Å²) in [5.41, 5.74) is 3.64. The molecule has 0 bridgehead atoms. The highest BCUT2D eigenvalue weighted by molar-refractivity contribution is 7.20. The van der Waals surface area contributed by atoms with Crippen LogP contribution in [-0.4, -0.2) is 27.6 Å². The van der Waals surface area contributed by atoms with Gasteiger partial charge in [0.05, 0.1) is 16.6 Å². The zero-order valence-corrected chi connectivity index (χ0v) is 14.4. The predicted octanol–water partition coefficient (Wildman–Crippen LogP) is 3.70. The third-order valence-electron chi connectivity index (χ3n) is 4.80. The topological polar surface area (TPSA) is 38.1 Å². The van der Waals surface area contributed by atoms with Crippen LogP contribution in [0.25, 0.3) is 10.2 Å². The van der Waals surface area contributed by atoms with Crippen molar-refractivity contribution in [1.82, 2.24) is 14.7 Å². The summed E-state index contributed by atoms with van der Waals surface area (Å²) >= 11 is 1.53. The van der Waals surface area contributed by atoms with E-state index in [1.165, 1.54) is 22.5 Å². The Bertz CT molecular complexity index is 874. The molecule has 1 aromatic carbocycles. The van der Waals surface area contributed by atoms with Gasteiger partial charge < -0.3 is 4.90 Å². The Balaban J connectivity index is 1.67. The minimum absolute atomic E-state index is 0.104.